The van der Waals surface area contributed by atoms with Crippen LogP contribution in [0.25, 0.3) is 11.3 Å². The normalized spacial score (nSPS) is 10.3. The summed E-state index contributed by atoms with van der Waals surface area (Å²) in [6, 6.07) is 8.32. The summed E-state index contributed by atoms with van der Waals surface area (Å²) in [5, 5.41) is 0.555. The highest BCUT2D eigenvalue weighted by atomic mass is 127. The summed E-state index contributed by atoms with van der Waals surface area (Å²) in [5.41, 5.74) is 1.12. The highest BCUT2D eigenvalue weighted by Crippen LogP contribution is 2.26. The first-order valence-electron chi connectivity index (χ1n) is 4.24. The van der Waals surface area contributed by atoms with Crippen molar-refractivity contribution in [2.75, 3.05) is 0 Å². The maximum atomic E-state index is 13.5. The predicted octanol–water partition coefficient (Wildman–Crippen LogP) is 4.15. The van der Waals surface area contributed by atoms with Crippen molar-refractivity contribution < 1.29 is 4.39 Å². The molecule has 0 bridgehead atoms. The van der Waals surface area contributed by atoms with Gasteiger partial charge in [0.2, 0.25) is 0 Å². The van der Waals surface area contributed by atoms with E-state index >= 15 is 0 Å². The third-order valence-electron chi connectivity index (χ3n) is 1.94. The Bertz CT molecular complexity index is 502. The van der Waals surface area contributed by atoms with Crippen LogP contribution in [0.4, 0.5) is 4.39 Å². The molecule has 2 rings (SSSR count). The first-order chi connectivity index (χ1) is 7.18. The van der Waals surface area contributed by atoms with Crippen molar-refractivity contribution in [3.8, 4) is 11.3 Å². The van der Waals surface area contributed by atoms with E-state index in [2.05, 4.69) is 27.6 Å². The van der Waals surface area contributed by atoms with Gasteiger partial charge in [-0.25, -0.2) is 4.39 Å². The first-order valence-corrected chi connectivity index (χ1v) is 5.70. The number of hydrogen-bond donors (Lipinski definition) is 0. The molecule has 0 radical (unpaired) electrons. The summed E-state index contributed by atoms with van der Waals surface area (Å²) in [6.45, 7) is 0. The minimum Gasteiger partial charge on any atom is -0.253 e. The maximum Gasteiger partial charge on any atom is 0.132 e. The van der Waals surface area contributed by atoms with Crippen LogP contribution in [-0.2, 0) is 0 Å². The van der Waals surface area contributed by atoms with Crippen molar-refractivity contribution >= 4 is 34.2 Å². The van der Waals surface area contributed by atoms with Gasteiger partial charge in [-0.05, 0) is 40.8 Å². The molecule has 0 spiro atoms. The molecular weight excluding hydrogens is 327 g/mol. The molecule has 0 N–H and O–H groups in total. The SMILES string of the molecule is Fc1ccccc1-c1ncc(Cl)cc1I. The molecule has 4 heteroatoms. The Morgan fingerprint density at radius 1 is 1.27 bits per heavy atom. The van der Waals surface area contributed by atoms with E-state index in [1.165, 1.54) is 12.3 Å². The lowest BCUT2D eigenvalue weighted by molar-refractivity contribution is 0.630. The summed E-state index contributed by atoms with van der Waals surface area (Å²) in [5.74, 6) is -0.273. The second-order valence-corrected chi connectivity index (χ2v) is 4.56. The van der Waals surface area contributed by atoms with Gasteiger partial charge in [0.25, 0.3) is 0 Å². The topological polar surface area (TPSA) is 12.9 Å². The van der Waals surface area contributed by atoms with Crippen molar-refractivity contribution in [2.45, 2.75) is 0 Å². The molecule has 0 aliphatic heterocycles. The molecule has 1 nitrogen and oxygen atoms in total. The molecule has 0 fully saturated rings. The Labute approximate surface area is 105 Å². The van der Waals surface area contributed by atoms with Gasteiger partial charge in [0.05, 0.1) is 10.7 Å². The fourth-order valence-corrected chi connectivity index (χ4v) is 2.37. The molecule has 0 saturated carbocycles. The molecule has 1 heterocycles. The standard InChI is InChI=1S/C11H6ClFIN/c12-7-5-10(14)11(15-6-7)8-3-1-2-4-9(8)13/h1-6H. The Balaban J connectivity index is 2.60. The molecule has 1 aromatic heterocycles. The van der Waals surface area contributed by atoms with Crippen molar-refractivity contribution in [2.24, 2.45) is 0 Å². The van der Waals surface area contributed by atoms with Gasteiger partial charge in [-0.3, -0.25) is 4.98 Å². The third kappa shape index (κ3) is 2.29. The van der Waals surface area contributed by atoms with Crippen LogP contribution in [0.1, 0.15) is 0 Å². The number of hydrogen-bond acceptors (Lipinski definition) is 1. The fourth-order valence-electron chi connectivity index (χ4n) is 1.27. The summed E-state index contributed by atoms with van der Waals surface area (Å²) in [6.07, 6.45) is 1.52. The van der Waals surface area contributed by atoms with E-state index in [9.17, 15) is 4.39 Å². The lowest BCUT2D eigenvalue weighted by Gasteiger charge is -2.04. The quantitative estimate of drug-likeness (QED) is 0.715. The lowest BCUT2D eigenvalue weighted by atomic mass is 10.1. The Hall–Kier alpha value is -0.680. The van der Waals surface area contributed by atoms with Crippen LogP contribution in [0.5, 0.6) is 0 Å². The molecule has 0 unspecified atom stereocenters. The summed E-state index contributed by atoms with van der Waals surface area (Å²) >= 11 is 7.88. The van der Waals surface area contributed by atoms with Gasteiger partial charge < -0.3 is 0 Å². The van der Waals surface area contributed by atoms with E-state index in [0.717, 1.165) is 3.57 Å². The van der Waals surface area contributed by atoms with Gasteiger partial charge >= 0.3 is 0 Å². The molecule has 0 amide bonds. The molecule has 0 saturated heterocycles. The first kappa shape index (κ1) is 10.8. The van der Waals surface area contributed by atoms with Crippen LogP contribution in [0.15, 0.2) is 36.5 Å². The second-order valence-electron chi connectivity index (χ2n) is 2.96. The third-order valence-corrected chi connectivity index (χ3v) is 2.97. The maximum absolute atomic E-state index is 13.5. The van der Waals surface area contributed by atoms with Gasteiger partial charge in [0.1, 0.15) is 5.82 Å². The van der Waals surface area contributed by atoms with E-state index in [4.69, 9.17) is 11.6 Å². The van der Waals surface area contributed by atoms with Gasteiger partial charge in [0.15, 0.2) is 0 Å². The van der Waals surface area contributed by atoms with Gasteiger partial charge in [-0.2, -0.15) is 0 Å². The number of pyridine rings is 1. The van der Waals surface area contributed by atoms with Crippen molar-refractivity contribution in [3.63, 3.8) is 0 Å². The molecule has 15 heavy (non-hydrogen) atoms. The molecule has 1 aromatic carbocycles. The van der Waals surface area contributed by atoms with E-state index in [0.29, 0.717) is 16.3 Å². The number of aromatic nitrogens is 1. The van der Waals surface area contributed by atoms with Gasteiger partial charge in [0, 0.05) is 15.3 Å². The Kier molecular flexibility index (Phi) is 3.21. The van der Waals surface area contributed by atoms with Gasteiger partial charge in [-0.15, -0.1) is 0 Å². The number of nitrogens with zero attached hydrogens (tertiary/aromatic N) is 1. The van der Waals surface area contributed by atoms with Crippen LogP contribution in [-0.4, -0.2) is 4.98 Å². The average molecular weight is 334 g/mol. The highest BCUT2D eigenvalue weighted by molar-refractivity contribution is 14.1. The van der Waals surface area contributed by atoms with Crippen LogP contribution in [0, 0.1) is 9.39 Å². The van der Waals surface area contributed by atoms with E-state index in [-0.39, 0.29) is 5.82 Å². The summed E-state index contributed by atoms with van der Waals surface area (Å²) in [7, 11) is 0. The average Bonchev–Trinajstić information content (AvgIpc) is 2.20. The van der Waals surface area contributed by atoms with E-state index in [1.807, 2.05) is 0 Å². The highest BCUT2D eigenvalue weighted by Gasteiger charge is 2.09. The minimum absolute atomic E-state index is 0.273. The van der Waals surface area contributed by atoms with Gasteiger partial charge in [-0.1, -0.05) is 23.7 Å². The molecule has 76 valence electrons. The minimum atomic E-state index is -0.273. The fraction of sp³-hybridized carbons (Fsp3) is 0. The smallest absolute Gasteiger partial charge is 0.132 e. The van der Waals surface area contributed by atoms with Crippen LogP contribution < -0.4 is 0 Å². The van der Waals surface area contributed by atoms with Crippen molar-refractivity contribution in [3.05, 3.63) is 50.9 Å². The number of benzene rings is 1. The monoisotopic (exact) mass is 333 g/mol. The molecule has 2 aromatic rings. The van der Waals surface area contributed by atoms with Crippen LogP contribution in [0.2, 0.25) is 5.02 Å². The number of rotatable bonds is 1. The van der Waals surface area contributed by atoms with E-state index in [1.54, 1.807) is 24.3 Å². The molecule has 0 aliphatic rings. The summed E-state index contributed by atoms with van der Waals surface area (Å²) < 4.78 is 14.3. The lowest BCUT2D eigenvalue weighted by Crippen LogP contribution is -1.90. The molecule has 0 atom stereocenters. The molecule has 0 aliphatic carbocycles. The van der Waals surface area contributed by atoms with E-state index < -0.39 is 0 Å². The van der Waals surface area contributed by atoms with Crippen molar-refractivity contribution in [1.29, 1.82) is 0 Å². The molecular formula is C11H6ClFIN. The van der Waals surface area contributed by atoms with Crippen LogP contribution >= 0.6 is 34.2 Å². The largest absolute Gasteiger partial charge is 0.253 e. The Morgan fingerprint density at radius 2 is 2.00 bits per heavy atom. The zero-order valence-corrected chi connectivity index (χ0v) is 10.5. The number of halogens is 3. The predicted molar refractivity (Wildman–Crippen MR) is 67.4 cm³/mol. The second kappa shape index (κ2) is 4.45. The van der Waals surface area contributed by atoms with Crippen molar-refractivity contribution in [1.82, 2.24) is 4.98 Å². The van der Waals surface area contributed by atoms with Crippen LogP contribution in [0.3, 0.4) is 0 Å². The zero-order valence-electron chi connectivity index (χ0n) is 7.55. The Morgan fingerprint density at radius 3 is 2.67 bits per heavy atom. The zero-order chi connectivity index (χ0) is 10.8. The summed E-state index contributed by atoms with van der Waals surface area (Å²) in [4.78, 5) is 4.13.